The smallest absolute Gasteiger partial charge is 0.268 e. The van der Waals surface area contributed by atoms with Gasteiger partial charge in [-0.05, 0) is 42.7 Å². The zero-order valence-corrected chi connectivity index (χ0v) is 13.7. The van der Waals surface area contributed by atoms with Crippen molar-refractivity contribution in [2.75, 3.05) is 11.9 Å². The lowest BCUT2D eigenvalue weighted by Gasteiger charge is -2.19. The quantitative estimate of drug-likeness (QED) is 0.538. The molecule has 0 heterocycles. The second-order valence-electron chi connectivity index (χ2n) is 5.60. The number of halogens is 1. The molecular weight excluding hydrogens is 311 g/mol. The van der Waals surface area contributed by atoms with Gasteiger partial charge in [0.25, 0.3) is 5.91 Å². The number of amides is 1. The molecule has 0 saturated heterocycles. The lowest BCUT2D eigenvalue weighted by atomic mass is 10.1. The van der Waals surface area contributed by atoms with Gasteiger partial charge in [-0.1, -0.05) is 30.3 Å². The molecule has 0 fully saturated rings. The van der Waals surface area contributed by atoms with Crippen LogP contribution >= 0.6 is 0 Å². The third kappa shape index (κ3) is 4.78. The number of aryl methyl sites for hydroxylation is 2. The summed E-state index contributed by atoms with van der Waals surface area (Å²) in [6.07, 6.45) is 0. The highest BCUT2D eigenvalue weighted by Crippen LogP contribution is 2.19. The van der Waals surface area contributed by atoms with Crippen molar-refractivity contribution in [2.45, 2.75) is 26.5 Å². The van der Waals surface area contributed by atoms with E-state index in [4.69, 9.17) is 9.94 Å². The Morgan fingerprint density at radius 3 is 2.42 bits per heavy atom. The number of carbonyl (C=O) groups is 1. The van der Waals surface area contributed by atoms with E-state index in [0.717, 1.165) is 5.56 Å². The van der Waals surface area contributed by atoms with Crippen molar-refractivity contribution in [3.05, 3.63) is 65.0 Å². The molecule has 128 valence electrons. The number of benzene rings is 2. The lowest BCUT2D eigenvalue weighted by Crippen LogP contribution is -2.41. The van der Waals surface area contributed by atoms with Crippen molar-refractivity contribution in [3.8, 4) is 0 Å². The molecule has 0 aliphatic rings. The molecule has 5 nitrogen and oxygen atoms in total. The molecule has 0 aromatic heterocycles. The van der Waals surface area contributed by atoms with E-state index in [0.29, 0.717) is 23.4 Å². The lowest BCUT2D eigenvalue weighted by molar-refractivity contribution is -0.131. The molecule has 6 heteroatoms. The molecular formula is C18H21FN2O3. The highest BCUT2D eigenvalue weighted by Gasteiger charge is 2.19. The molecule has 1 unspecified atom stereocenters. The van der Waals surface area contributed by atoms with Crippen LogP contribution in [-0.2, 0) is 16.1 Å². The number of carbonyl (C=O) groups excluding carboxylic acids is 1. The first-order valence-corrected chi connectivity index (χ1v) is 7.60. The van der Waals surface area contributed by atoms with Crippen LogP contribution < -0.4 is 10.8 Å². The van der Waals surface area contributed by atoms with Gasteiger partial charge in [0.05, 0.1) is 13.2 Å². The van der Waals surface area contributed by atoms with Crippen molar-refractivity contribution in [3.63, 3.8) is 0 Å². The number of rotatable bonds is 7. The molecule has 0 bridgehead atoms. The molecule has 0 spiro atoms. The Balaban J connectivity index is 2.02. The predicted octanol–water partition coefficient (Wildman–Crippen LogP) is 2.95. The van der Waals surface area contributed by atoms with Gasteiger partial charge >= 0.3 is 0 Å². The molecule has 0 radical (unpaired) electrons. The number of ether oxygens (including phenoxy) is 1. The van der Waals surface area contributed by atoms with E-state index < -0.39 is 11.9 Å². The summed E-state index contributed by atoms with van der Waals surface area (Å²) in [5.41, 5.74) is 4.14. The van der Waals surface area contributed by atoms with Gasteiger partial charge in [-0.3, -0.25) is 10.0 Å². The normalized spacial score (nSPS) is 11.8. The van der Waals surface area contributed by atoms with Gasteiger partial charge in [-0.15, -0.1) is 0 Å². The molecule has 2 aromatic rings. The Kier molecular flexibility index (Phi) is 6.28. The SMILES string of the molecule is Cc1cc(NC(COCc2ccccc2)C(=O)NO)cc(C)c1F. The monoisotopic (exact) mass is 332 g/mol. The van der Waals surface area contributed by atoms with E-state index in [9.17, 15) is 9.18 Å². The number of hydrogen-bond acceptors (Lipinski definition) is 4. The van der Waals surface area contributed by atoms with Crippen LogP contribution in [0.2, 0.25) is 0 Å². The molecule has 1 atom stereocenters. The Hall–Kier alpha value is -2.44. The maximum Gasteiger partial charge on any atom is 0.268 e. The number of hydroxylamine groups is 1. The van der Waals surface area contributed by atoms with Crippen LogP contribution in [0, 0.1) is 19.7 Å². The van der Waals surface area contributed by atoms with E-state index in [1.165, 1.54) is 0 Å². The fourth-order valence-electron chi connectivity index (χ4n) is 2.36. The first-order valence-electron chi connectivity index (χ1n) is 7.60. The first kappa shape index (κ1) is 17.9. The summed E-state index contributed by atoms with van der Waals surface area (Å²) in [4.78, 5) is 11.8. The third-order valence-corrected chi connectivity index (χ3v) is 3.60. The number of anilines is 1. The summed E-state index contributed by atoms with van der Waals surface area (Å²) < 4.78 is 19.2. The maximum atomic E-state index is 13.7. The van der Waals surface area contributed by atoms with Gasteiger partial charge in [-0.2, -0.15) is 0 Å². The molecule has 2 rings (SSSR count). The first-order chi connectivity index (χ1) is 11.5. The Bertz CT molecular complexity index is 669. The summed E-state index contributed by atoms with van der Waals surface area (Å²) in [6, 6.07) is 12.0. The van der Waals surface area contributed by atoms with Crippen LogP contribution in [0.15, 0.2) is 42.5 Å². The zero-order chi connectivity index (χ0) is 17.5. The highest BCUT2D eigenvalue weighted by molar-refractivity contribution is 5.83. The van der Waals surface area contributed by atoms with Crippen molar-refractivity contribution >= 4 is 11.6 Å². The Morgan fingerprint density at radius 2 is 1.83 bits per heavy atom. The van der Waals surface area contributed by atoms with Crippen molar-refractivity contribution < 1.29 is 19.1 Å². The topological polar surface area (TPSA) is 70.6 Å². The fourth-order valence-corrected chi connectivity index (χ4v) is 2.36. The van der Waals surface area contributed by atoms with Gasteiger partial charge in [0.1, 0.15) is 11.9 Å². The van der Waals surface area contributed by atoms with Crippen molar-refractivity contribution in [1.29, 1.82) is 0 Å². The van der Waals surface area contributed by atoms with Gasteiger partial charge in [0.15, 0.2) is 0 Å². The van der Waals surface area contributed by atoms with Crippen molar-refractivity contribution in [1.82, 2.24) is 5.48 Å². The van der Waals surface area contributed by atoms with E-state index in [2.05, 4.69) is 5.32 Å². The van der Waals surface area contributed by atoms with Crippen LogP contribution in [0.1, 0.15) is 16.7 Å². The molecule has 0 aliphatic heterocycles. The Morgan fingerprint density at radius 1 is 1.21 bits per heavy atom. The van der Waals surface area contributed by atoms with E-state index in [1.54, 1.807) is 31.5 Å². The molecule has 0 aliphatic carbocycles. The summed E-state index contributed by atoms with van der Waals surface area (Å²) in [5, 5.41) is 11.9. The molecule has 0 saturated carbocycles. The van der Waals surface area contributed by atoms with Crippen LogP contribution in [0.25, 0.3) is 0 Å². The zero-order valence-electron chi connectivity index (χ0n) is 13.7. The summed E-state index contributed by atoms with van der Waals surface area (Å²) in [6.45, 7) is 3.71. The Labute approximate surface area is 140 Å². The largest absolute Gasteiger partial charge is 0.374 e. The van der Waals surface area contributed by atoms with Crippen molar-refractivity contribution in [2.24, 2.45) is 0 Å². The van der Waals surface area contributed by atoms with Gasteiger partial charge in [-0.25, -0.2) is 9.87 Å². The minimum Gasteiger partial charge on any atom is -0.374 e. The standard InChI is InChI=1S/C18H21FN2O3/c1-12-8-15(9-13(2)17(12)19)20-16(18(22)21-23)11-24-10-14-6-4-3-5-7-14/h3-9,16,20,23H,10-11H2,1-2H3,(H,21,22). The second kappa shape index (κ2) is 8.42. The third-order valence-electron chi connectivity index (χ3n) is 3.60. The minimum absolute atomic E-state index is 0.0523. The fraction of sp³-hybridized carbons (Fsp3) is 0.278. The molecule has 24 heavy (non-hydrogen) atoms. The maximum absolute atomic E-state index is 13.7. The molecule has 1 amide bonds. The summed E-state index contributed by atoms with van der Waals surface area (Å²) in [5.74, 6) is -0.897. The van der Waals surface area contributed by atoms with Crippen LogP contribution in [0.4, 0.5) is 10.1 Å². The summed E-state index contributed by atoms with van der Waals surface area (Å²) in [7, 11) is 0. The van der Waals surface area contributed by atoms with Crippen LogP contribution in [-0.4, -0.2) is 23.8 Å². The number of nitrogens with one attached hydrogen (secondary N) is 2. The average molecular weight is 332 g/mol. The molecule has 3 N–H and O–H groups in total. The van der Waals surface area contributed by atoms with Gasteiger partial charge < -0.3 is 10.1 Å². The minimum atomic E-state index is -0.803. The van der Waals surface area contributed by atoms with Crippen LogP contribution in [0.5, 0.6) is 0 Å². The predicted molar refractivity (Wildman–Crippen MR) is 89.3 cm³/mol. The van der Waals surface area contributed by atoms with Gasteiger partial charge in [0, 0.05) is 5.69 Å². The number of hydrogen-bond donors (Lipinski definition) is 3. The average Bonchev–Trinajstić information content (AvgIpc) is 2.59. The second-order valence-corrected chi connectivity index (χ2v) is 5.60. The highest BCUT2D eigenvalue weighted by atomic mass is 19.1. The van der Waals surface area contributed by atoms with Gasteiger partial charge in [0.2, 0.25) is 0 Å². The van der Waals surface area contributed by atoms with E-state index in [1.807, 2.05) is 30.3 Å². The van der Waals surface area contributed by atoms with E-state index >= 15 is 0 Å². The molecule has 2 aromatic carbocycles. The van der Waals surface area contributed by atoms with E-state index in [-0.39, 0.29) is 12.4 Å². The van der Waals surface area contributed by atoms with Crippen LogP contribution in [0.3, 0.4) is 0 Å². The summed E-state index contributed by atoms with van der Waals surface area (Å²) >= 11 is 0.